The van der Waals surface area contributed by atoms with Crippen LogP contribution < -0.4 is 5.32 Å². The maximum absolute atomic E-state index is 14.1. The molecule has 0 aliphatic carbocycles. The molecule has 4 rings (SSSR count). The number of hydrogen-bond acceptors (Lipinski definition) is 4. The zero-order chi connectivity index (χ0) is 24.9. The van der Waals surface area contributed by atoms with Crippen LogP contribution in [-0.2, 0) is 4.74 Å². The van der Waals surface area contributed by atoms with Crippen LogP contribution in [0.5, 0.6) is 5.75 Å². The molecule has 0 saturated carbocycles. The molecule has 35 heavy (non-hydrogen) atoms. The second-order valence-electron chi connectivity index (χ2n) is 9.07. The van der Waals surface area contributed by atoms with E-state index in [0.29, 0.717) is 23.4 Å². The van der Waals surface area contributed by atoms with Crippen molar-refractivity contribution in [1.29, 1.82) is 0 Å². The van der Waals surface area contributed by atoms with Crippen LogP contribution in [0.1, 0.15) is 64.2 Å². The second kappa shape index (κ2) is 10.7. The fraction of sp³-hybridized carbons (Fsp3) is 0.310. The number of aromatic hydroxyl groups is 1. The average molecular weight is 473 g/mol. The second-order valence-corrected chi connectivity index (χ2v) is 9.07. The van der Waals surface area contributed by atoms with Gasteiger partial charge >= 0.3 is 0 Å². The molecule has 6 heteroatoms. The highest BCUT2D eigenvalue weighted by Gasteiger charge is 2.23. The van der Waals surface area contributed by atoms with Gasteiger partial charge in [0, 0.05) is 29.3 Å². The summed E-state index contributed by atoms with van der Waals surface area (Å²) in [6, 6.07) is 13.9. The van der Waals surface area contributed by atoms with Crippen molar-refractivity contribution in [3.8, 4) is 17.6 Å². The Balaban J connectivity index is 1.63. The Kier molecular flexibility index (Phi) is 7.48. The molecule has 1 fully saturated rings. The number of aryl methyl sites for hydroxylation is 2. The zero-order valence-electron chi connectivity index (χ0n) is 20.1. The molecule has 1 aliphatic rings. The summed E-state index contributed by atoms with van der Waals surface area (Å²) in [7, 11) is 0. The van der Waals surface area contributed by atoms with Gasteiger partial charge in [-0.15, -0.1) is 0 Å². The summed E-state index contributed by atoms with van der Waals surface area (Å²) in [5.74, 6) is 5.71. The summed E-state index contributed by atoms with van der Waals surface area (Å²) in [4.78, 5) is 17.7. The summed E-state index contributed by atoms with van der Waals surface area (Å²) < 4.78 is 19.6. The van der Waals surface area contributed by atoms with Crippen molar-refractivity contribution in [3.05, 3.63) is 94.1 Å². The molecular weight excluding hydrogens is 443 g/mol. The van der Waals surface area contributed by atoms with Gasteiger partial charge in [0.15, 0.2) is 0 Å². The smallest absolute Gasteiger partial charge is 0.270 e. The highest BCUT2D eigenvalue weighted by molar-refractivity contribution is 5.93. The number of benzene rings is 2. The minimum absolute atomic E-state index is 0.105. The van der Waals surface area contributed by atoms with Crippen LogP contribution >= 0.6 is 0 Å². The largest absolute Gasteiger partial charge is 0.508 e. The van der Waals surface area contributed by atoms with E-state index >= 15 is 0 Å². The van der Waals surface area contributed by atoms with E-state index in [1.54, 1.807) is 6.07 Å². The number of rotatable bonds is 4. The molecule has 3 atom stereocenters. The lowest BCUT2D eigenvalue weighted by atomic mass is 9.96. The molecule has 1 aromatic heterocycles. The van der Waals surface area contributed by atoms with Gasteiger partial charge in [-0.3, -0.25) is 4.79 Å². The summed E-state index contributed by atoms with van der Waals surface area (Å²) in [6.45, 7) is 6.52. The first-order chi connectivity index (χ1) is 16.8. The van der Waals surface area contributed by atoms with E-state index < -0.39 is 17.8 Å². The van der Waals surface area contributed by atoms with Gasteiger partial charge in [-0.1, -0.05) is 41.7 Å². The van der Waals surface area contributed by atoms with Crippen molar-refractivity contribution < 1.29 is 19.0 Å². The minimum Gasteiger partial charge on any atom is -0.508 e. The van der Waals surface area contributed by atoms with Crippen LogP contribution in [0.3, 0.4) is 0 Å². The summed E-state index contributed by atoms with van der Waals surface area (Å²) in [5, 5.41) is 13.4. The first kappa shape index (κ1) is 24.4. The molecule has 0 bridgehead atoms. The van der Waals surface area contributed by atoms with E-state index in [0.717, 1.165) is 18.4 Å². The number of halogens is 1. The Morgan fingerprint density at radius 2 is 1.94 bits per heavy atom. The van der Waals surface area contributed by atoms with E-state index in [9.17, 15) is 14.3 Å². The monoisotopic (exact) mass is 472 g/mol. The fourth-order valence-electron chi connectivity index (χ4n) is 4.23. The molecule has 5 nitrogen and oxygen atoms in total. The van der Waals surface area contributed by atoms with E-state index in [1.165, 1.54) is 18.2 Å². The van der Waals surface area contributed by atoms with Gasteiger partial charge in [0.1, 0.15) is 17.3 Å². The van der Waals surface area contributed by atoms with E-state index in [-0.39, 0.29) is 29.0 Å². The van der Waals surface area contributed by atoms with Crippen molar-refractivity contribution in [2.75, 3.05) is 6.61 Å². The van der Waals surface area contributed by atoms with E-state index in [4.69, 9.17) is 4.74 Å². The SMILES string of the molecule is Cc1ccc(C(NC(=O)c2cc(C#C[C@@H]3CCO[C@@H](C)C3)cc(C)n2)c2cc(F)ccc2O)cc1. The molecule has 2 aromatic carbocycles. The number of ether oxygens (including phenoxy) is 1. The molecule has 1 aliphatic heterocycles. The van der Waals surface area contributed by atoms with Crippen molar-refractivity contribution in [2.45, 2.75) is 45.8 Å². The topological polar surface area (TPSA) is 71.5 Å². The lowest BCUT2D eigenvalue weighted by Crippen LogP contribution is -2.30. The summed E-state index contributed by atoms with van der Waals surface area (Å²) >= 11 is 0. The minimum atomic E-state index is -0.764. The Labute approximate surface area is 205 Å². The first-order valence-corrected chi connectivity index (χ1v) is 11.8. The van der Waals surface area contributed by atoms with Crippen molar-refractivity contribution in [3.63, 3.8) is 0 Å². The molecule has 180 valence electrons. The maximum Gasteiger partial charge on any atom is 0.270 e. The summed E-state index contributed by atoms with van der Waals surface area (Å²) in [6.07, 6.45) is 1.98. The fourth-order valence-corrected chi connectivity index (χ4v) is 4.23. The normalized spacial score (nSPS) is 18.3. The standard InChI is InChI=1S/C29H29FN2O3/c1-18-4-8-23(9-5-18)28(25-17-24(30)10-11-27(25)33)32-29(34)26-16-22(14-19(2)31-26)7-6-21-12-13-35-20(3)15-21/h4-5,8-11,14,16-17,20-21,28,33H,12-13,15H2,1-3H3,(H,32,34)/t20-,21+,28?/m0/s1. The van der Waals surface area contributed by atoms with Crippen molar-refractivity contribution in [1.82, 2.24) is 10.3 Å². The van der Waals surface area contributed by atoms with Gasteiger partial charge in [-0.05, 0) is 69.5 Å². The Morgan fingerprint density at radius 3 is 2.69 bits per heavy atom. The summed E-state index contributed by atoms with van der Waals surface area (Å²) in [5.41, 5.74) is 3.62. The molecule has 1 amide bonds. The lowest BCUT2D eigenvalue weighted by molar-refractivity contribution is 0.0144. The van der Waals surface area contributed by atoms with Crippen molar-refractivity contribution >= 4 is 5.91 Å². The molecular formula is C29H29FN2O3. The Hall–Kier alpha value is -3.69. The van der Waals surface area contributed by atoms with Crippen LogP contribution in [0.2, 0.25) is 0 Å². The average Bonchev–Trinajstić information content (AvgIpc) is 2.83. The molecule has 0 radical (unpaired) electrons. The van der Waals surface area contributed by atoms with Gasteiger partial charge in [-0.2, -0.15) is 0 Å². The third-order valence-corrected chi connectivity index (χ3v) is 6.08. The third-order valence-electron chi connectivity index (χ3n) is 6.08. The molecule has 1 saturated heterocycles. The predicted octanol–water partition coefficient (Wildman–Crippen LogP) is 5.23. The number of nitrogens with one attached hydrogen (secondary N) is 1. The quantitative estimate of drug-likeness (QED) is 0.510. The van der Waals surface area contributed by atoms with Gasteiger partial charge in [0.05, 0.1) is 12.1 Å². The molecule has 3 aromatic rings. The molecule has 2 N–H and O–H groups in total. The maximum atomic E-state index is 14.1. The van der Waals surface area contributed by atoms with E-state index in [1.807, 2.05) is 51.1 Å². The van der Waals surface area contributed by atoms with Gasteiger partial charge < -0.3 is 15.2 Å². The zero-order valence-corrected chi connectivity index (χ0v) is 20.1. The number of pyridine rings is 1. The lowest BCUT2D eigenvalue weighted by Gasteiger charge is -2.23. The number of phenols is 1. The predicted molar refractivity (Wildman–Crippen MR) is 133 cm³/mol. The Bertz CT molecular complexity index is 1280. The number of amides is 1. The number of nitrogens with zero attached hydrogens (tertiary/aromatic N) is 1. The molecule has 1 unspecified atom stereocenters. The molecule has 0 spiro atoms. The van der Waals surface area contributed by atoms with Gasteiger partial charge in [0.2, 0.25) is 0 Å². The van der Waals surface area contributed by atoms with Crippen LogP contribution in [0, 0.1) is 37.4 Å². The van der Waals surface area contributed by atoms with Gasteiger partial charge in [0.25, 0.3) is 5.91 Å². The number of phenolic OH excluding ortho intramolecular Hbond substituents is 1. The van der Waals surface area contributed by atoms with Crippen LogP contribution in [0.25, 0.3) is 0 Å². The molecule has 2 heterocycles. The third kappa shape index (κ3) is 6.26. The van der Waals surface area contributed by atoms with Crippen LogP contribution in [-0.4, -0.2) is 28.7 Å². The van der Waals surface area contributed by atoms with Crippen LogP contribution in [0.4, 0.5) is 4.39 Å². The first-order valence-electron chi connectivity index (χ1n) is 11.8. The van der Waals surface area contributed by atoms with E-state index in [2.05, 4.69) is 22.1 Å². The highest BCUT2D eigenvalue weighted by atomic mass is 19.1. The number of carbonyl (C=O) groups excluding carboxylic acids is 1. The van der Waals surface area contributed by atoms with Crippen molar-refractivity contribution in [2.24, 2.45) is 5.92 Å². The number of hydrogen-bond donors (Lipinski definition) is 2. The Morgan fingerprint density at radius 1 is 1.17 bits per heavy atom. The van der Waals surface area contributed by atoms with Crippen LogP contribution in [0.15, 0.2) is 54.6 Å². The van der Waals surface area contributed by atoms with Gasteiger partial charge in [-0.25, -0.2) is 9.37 Å². The number of carbonyl (C=O) groups is 1. The number of aromatic nitrogens is 1. The highest BCUT2D eigenvalue weighted by Crippen LogP contribution is 2.30.